The minimum atomic E-state index is -3.65. The van der Waals surface area contributed by atoms with Gasteiger partial charge in [0, 0.05) is 32.7 Å². The normalized spacial score (nSPS) is 11.6. The van der Waals surface area contributed by atoms with Crippen molar-refractivity contribution in [2.45, 2.75) is 18.4 Å². The van der Waals surface area contributed by atoms with Crippen LogP contribution >= 0.6 is 0 Å². The van der Waals surface area contributed by atoms with E-state index in [0.717, 1.165) is 21.2 Å². The minimum absolute atomic E-state index is 0.0116. The summed E-state index contributed by atoms with van der Waals surface area (Å²) in [7, 11) is -0.816. The molecule has 1 heterocycles. The molecule has 0 saturated heterocycles. The average molecular weight is 444 g/mol. The topological polar surface area (TPSA) is 113 Å². The van der Waals surface area contributed by atoms with Gasteiger partial charge in [-0.25, -0.2) is 17.7 Å². The third-order valence-corrected chi connectivity index (χ3v) is 6.60. The van der Waals surface area contributed by atoms with Gasteiger partial charge < -0.3 is 15.2 Å². The van der Waals surface area contributed by atoms with Crippen molar-refractivity contribution >= 4 is 32.9 Å². The Morgan fingerprint density at radius 2 is 1.81 bits per heavy atom. The van der Waals surface area contributed by atoms with Crippen molar-refractivity contribution in [3.05, 3.63) is 59.9 Å². The van der Waals surface area contributed by atoms with Crippen LogP contribution in [0, 0.1) is 6.92 Å². The van der Waals surface area contributed by atoms with Crippen LogP contribution in [0.25, 0.3) is 11.0 Å². The molecular formula is C21H25N5O4S. The monoisotopic (exact) mass is 443 g/mol. The second-order valence-corrected chi connectivity index (χ2v) is 9.30. The maximum atomic E-state index is 12.3. The Kier molecular flexibility index (Phi) is 6.71. The predicted molar refractivity (Wildman–Crippen MR) is 117 cm³/mol. The molecule has 3 aromatic rings. The van der Waals surface area contributed by atoms with Crippen LogP contribution in [-0.4, -0.2) is 61.3 Å². The van der Waals surface area contributed by atoms with E-state index in [1.807, 2.05) is 35.8 Å². The molecule has 0 aliphatic heterocycles. The van der Waals surface area contributed by atoms with E-state index in [9.17, 15) is 18.0 Å². The van der Waals surface area contributed by atoms with Crippen LogP contribution in [0.3, 0.4) is 0 Å². The average Bonchev–Trinajstić information content (AvgIpc) is 3.07. The van der Waals surface area contributed by atoms with Crippen molar-refractivity contribution in [3.8, 4) is 0 Å². The number of nitrogens with one attached hydrogen (secondary N) is 2. The first-order valence-corrected chi connectivity index (χ1v) is 11.1. The second-order valence-electron chi connectivity index (χ2n) is 7.15. The fraction of sp³-hybridized carbons (Fsp3) is 0.286. The summed E-state index contributed by atoms with van der Waals surface area (Å²) in [6.45, 7) is 2.63. The number of hydrogen-bond donors (Lipinski definition) is 2. The van der Waals surface area contributed by atoms with Crippen molar-refractivity contribution in [2.24, 2.45) is 0 Å². The highest BCUT2D eigenvalue weighted by atomic mass is 32.2. The van der Waals surface area contributed by atoms with Crippen molar-refractivity contribution in [1.29, 1.82) is 0 Å². The molecule has 0 bridgehead atoms. The van der Waals surface area contributed by atoms with Crippen LogP contribution < -0.4 is 10.6 Å². The zero-order valence-electron chi connectivity index (χ0n) is 17.6. The zero-order chi connectivity index (χ0) is 22.6. The maximum absolute atomic E-state index is 12.3. The molecule has 3 rings (SSSR count). The van der Waals surface area contributed by atoms with Gasteiger partial charge in [-0.05, 0) is 37.3 Å². The van der Waals surface area contributed by atoms with Gasteiger partial charge in [-0.3, -0.25) is 9.59 Å². The van der Waals surface area contributed by atoms with E-state index in [1.165, 1.54) is 38.4 Å². The molecule has 0 spiro atoms. The number of carbonyl (C=O) groups excluding carboxylic acids is 2. The Hall–Kier alpha value is -3.24. The van der Waals surface area contributed by atoms with Crippen LogP contribution in [0.4, 0.5) is 0 Å². The smallest absolute Gasteiger partial charge is 0.251 e. The molecule has 10 heteroatoms. The van der Waals surface area contributed by atoms with Crippen molar-refractivity contribution < 1.29 is 18.0 Å². The fourth-order valence-corrected chi connectivity index (χ4v) is 4.07. The summed E-state index contributed by atoms with van der Waals surface area (Å²) in [6, 6.07) is 13.5. The maximum Gasteiger partial charge on any atom is 0.251 e. The van der Waals surface area contributed by atoms with E-state index in [2.05, 4.69) is 15.6 Å². The zero-order valence-corrected chi connectivity index (χ0v) is 18.4. The largest absolute Gasteiger partial charge is 0.353 e. The Morgan fingerprint density at radius 1 is 1.06 bits per heavy atom. The van der Waals surface area contributed by atoms with Gasteiger partial charge in [-0.1, -0.05) is 18.2 Å². The van der Waals surface area contributed by atoms with Crippen molar-refractivity contribution in [3.63, 3.8) is 0 Å². The van der Waals surface area contributed by atoms with Crippen LogP contribution in [0.5, 0.6) is 0 Å². The van der Waals surface area contributed by atoms with E-state index in [0.29, 0.717) is 13.1 Å². The summed E-state index contributed by atoms with van der Waals surface area (Å²) in [4.78, 5) is 29.0. The number of nitrogens with zero attached hydrogens (tertiary/aromatic N) is 3. The molecule has 2 N–H and O–H groups in total. The predicted octanol–water partition coefficient (Wildman–Crippen LogP) is 1.14. The highest BCUT2D eigenvalue weighted by Gasteiger charge is 2.19. The SMILES string of the molecule is Cc1nc2ccccc2n1CCNC(=O)CNC(=O)c1cccc(S(=O)(=O)N(C)C)c1. The highest BCUT2D eigenvalue weighted by molar-refractivity contribution is 7.89. The van der Waals surface area contributed by atoms with Gasteiger partial charge in [0.2, 0.25) is 15.9 Å². The minimum Gasteiger partial charge on any atom is -0.353 e. The summed E-state index contributed by atoms with van der Waals surface area (Å²) < 4.78 is 27.5. The van der Waals surface area contributed by atoms with E-state index < -0.39 is 15.9 Å². The van der Waals surface area contributed by atoms with Gasteiger partial charge in [-0.15, -0.1) is 0 Å². The molecule has 0 radical (unpaired) electrons. The van der Waals surface area contributed by atoms with Crippen molar-refractivity contribution in [1.82, 2.24) is 24.5 Å². The quantitative estimate of drug-likeness (QED) is 0.542. The fourth-order valence-electron chi connectivity index (χ4n) is 3.12. The molecule has 31 heavy (non-hydrogen) atoms. The van der Waals surface area contributed by atoms with Crippen molar-refractivity contribution in [2.75, 3.05) is 27.2 Å². The van der Waals surface area contributed by atoms with Gasteiger partial charge >= 0.3 is 0 Å². The van der Waals surface area contributed by atoms with Gasteiger partial charge in [0.05, 0.1) is 22.5 Å². The lowest BCUT2D eigenvalue weighted by molar-refractivity contribution is -0.120. The number of aromatic nitrogens is 2. The molecule has 0 saturated carbocycles. The number of rotatable bonds is 8. The first kappa shape index (κ1) is 22.4. The molecule has 2 aromatic carbocycles. The molecule has 2 amide bonds. The Morgan fingerprint density at radius 3 is 2.55 bits per heavy atom. The third kappa shape index (κ3) is 5.09. The molecule has 1 aromatic heterocycles. The first-order chi connectivity index (χ1) is 14.7. The number of para-hydroxylation sites is 2. The third-order valence-electron chi connectivity index (χ3n) is 4.79. The molecule has 0 atom stereocenters. The molecule has 164 valence electrons. The lowest BCUT2D eigenvalue weighted by Gasteiger charge is -2.12. The molecule has 0 aliphatic carbocycles. The Labute approximate surface area is 181 Å². The van der Waals surface area contributed by atoms with Gasteiger partial charge in [0.25, 0.3) is 5.91 Å². The van der Waals surface area contributed by atoms with E-state index >= 15 is 0 Å². The van der Waals surface area contributed by atoms with Crippen LogP contribution in [0.15, 0.2) is 53.4 Å². The summed E-state index contributed by atoms with van der Waals surface area (Å²) in [5, 5.41) is 5.28. The number of carbonyl (C=O) groups is 2. The molecule has 9 nitrogen and oxygen atoms in total. The lowest BCUT2D eigenvalue weighted by atomic mass is 10.2. The van der Waals surface area contributed by atoms with E-state index in [1.54, 1.807) is 0 Å². The standard InChI is InChI=1S/C21H25N5O4S/c1-15-24-18-9-4-5-10-19(18)26(15)12-11-22-20(27)14-23-21(28)16-7-6-8-17(13-16)31(29,30)25(2)3/h4-10,13H,11-12,14H2,1-3H3,(H,22,27)(H,23,28). The number of aryl methyl sites for hydroxylation is 1. The highest BCUT2D eigenvalue weighted by Crippen LogP contribution is 2.15. The first-order valence-electron chi connectivity index (χ1n) is 9.69. The molecular weight excluding hydrogens is 418 g/mol. The second kappa shape index (κ2) is 9.27. The van der Waals surface area contributed by atoms with Crippen LogP contribution in [0.2, 0.25) is 0 Å². The Bertz CT molecular complexity index is 1220. The number of imidazole rings is 1. The molecule has 0 aliphatic rings. The summed E-state index contributed by atoms with van der Waals surface area (Å²) in [6.07, 6.45) is 0. The number of amides is 2. The summed E-state index contributed by atoms with van der Waals surface area (Å²) in [5.74, 6) is -0.00814. The lowest BCUT2D eigenvalue weighted by Crippen LogP contribution is -2.38. The van der Waals surface area contributed by atoms with Crippen LogP contribution in [-0.2, 0) is 21.4 Å². The van der Waals surface area contributed by atoms with Gasteiger partial charge in [0.15, 0.2) is 0 Å². The summed E-state index contributed by atoms with van der Waals surface area (Å²) >= 11 is 0. The van der Waals surface area contributed by atoms with E-state index in [-0.39, 0.29) is 22.9 Å². The number of benzene rings is 2. The molecule has 0 fully saturated rings. The number of hydrogen-bond acceptors (Lipinski definition) is 5. The van der Waals surface area contributed by atoms with E-state index in [4.69, 9.17) is 0 Å². The summed E-state index contributed by atoms with van der Waals surface area (Å²) in [5.41, 5.74) is 2.06. The number of sulfonamides is 1. The van der Waals surface area contributed by atoms with Gasteiger partial charge in [-0.2, -0.15) is 0 Å². The van der Waals surface area contributed by atoms with Crippen LogP contribution in [0.1, 0.15) is 16.2 Å². The van der Waals surface area contributed by atoms with Gasteiger partial charge in [0.1, 0.15) is 5.82 Å². The molecule has 0 unspecified atom stereocenters. The number of fused-ring (bicyclic) bond motifs is 1. The Balaban J connectivity index is 1.53.